The quantitative estimate of drug-likeness (QED) is 0.667. The molecular formula is C21H20F3N7O. The first kappa shape index (κ1) is 20.4. The molecule has 1 aliphatic carbocycles. The van der Waals surface area contributed by atoms with E-state index >= 15 is 0 Å². The summed E-state index contributed by atoms with van der Waals surface area (Å²) in [5.41, 5.74) is 1.20. The van der Waals surface area contributed by atoms with Crippen LogP contribution >= 0.6 is 0 Å². The van der Waals surface area contributed by atoms with Gasteiger partial charge in [0.25, 0.3) is 5.91 Å². The van der Waals surface area contributed by atoms with Crippen molar-refractivity contribution in [1.29, 1.82) is 0 Å². The maximum Gasteiger partial charge on any atom is 0.419 e. The Hall–Kier alpha value is -3.50. The number of piperidine rings is 1. The van der Waals surface area contributed by atoms with Gasteiger partial charge in [0.05, 0.1) is 35.2 Å². The van der Waals surface area contributed by atoms with E-state index in [9.17, 15) is 18.0 Å². The lowest BCUT2D eigenvalue weighted by atomic mass is 10.0. The van der Waals surface area contributed by atoms with Crippen molar-refractivity contribution in [2.75, 3.05) is 11.9 Å². The van der Waals surface area contributed by atoms with Crippen LogP contribution in [0.2, 0.25) is 0 Å². The SMILES string of the molecule is Cc1ccc(C(=O)N2CC3CC(Nc4ncc(C(F)(F)F)cn4)C2C3)c(-n2nccn2)c1. The van der Waals surface area contributed by atoms with Crippen LogP contribution in [0.15, 0.2) is 43.0 Å². The van der Waals surface area contributed by atoms with E-state index in [0.717, 1.165) is 30.8 Å². The smallest absolute Gasteiger partial charge is 0.349 e. The van der Waals surface area contributed by atoms with Crippen molar-refractivity contribution < 1.29 is 18.0 Å². The Morgan fingerprint density at radius 2 is 1.84 bits per heavy atom. The predicted octanol–water partition coefficient (Wildman–Crippen LogP) is 3.10. The average molecular weight is 443 g/mol. The molecular weight excluding hydrogens is 423 g/mol. The minimum Gasteiger partial charge on any atom is -0.349 e. The second-order valence-corrected chi connectivity index (χ2v) is 8.25. The van der Waals surface area contributed by atoms with E-state index in [1.807, 2.05) is 24.0 Å². The number of benzene rings is 1. The van der Waals surface area contributed by atoms with Crippen LogP contribution < -0.4 is 5.32 Å². The fourth-order valence-corrected chi connectivity index (χ4v) is 4.61. The minimum absolute atomic E-state index is 0.0990. The Labute approximate surface area is 181 Å². The fraction of sp³-hybridized carbons (Fsp3) is 0.381. The molecule has 11 heteroatoms. The zero-order valence-corrected chi connectivity index (χ0v) is 17.1. The molecule has 2 aliphatic rings. The van der Waals surface area contributed by atoms with Gasteiger partial charge in [-0.2, -0.15) is 28.2 Å². The van der Waals surface area contributed by atoms with Crippen LogP contribution in [0.5, 0.6) is 0 Å². The molecule has 166 valence electrons. The van der Waals surface area contributed by atoms with Crippen molar-refractivity contribution in [1.82, 2.24) is 29.9 Å². The zero-order chi connectivity index (χ0) is 22.5. The molecule has 8 nitrogen and oxygen atoms in total. The van der Waals surface area contributed by atoms with Crippen LogP contribution in [0.25, 0.3) is 5.69 Å². The third kappa shape index (κ3) is 3.67. The van der Waals surface area contributed by atoms with Crippen molar-refractivity contribution in [2.45, 2.75) is 38.0 Å². The van der Waals surface area contributed by atoms with Gasteiger partial charge in [0, 0.05) is 25.0 Å². The van der Waals surface area contributed by atoms with E-state index in [1.54, 1.807) is 18.5 Å². The first-order valence-electron chi connectivity index (χ1n) is 10.2. The average Bonchev–Trinajstić information content (AvgIpc) is 3.50. The molecule has 3 aromatic rings. The van der Waals surface area contributed by atoms with E-state index in [0.29, 0.717) is 23.7 Å². The second-order valence-electron chi connectivity index (χ2n) is 8.25. The fourth-order valence-electron chi connectivity index (χ4n) is 4.61. The summed E-state index contributed by atoms with van der Waals surface area (Å²) in [6.45, 7) is 2.57. The van der Waals surface area contributed by atoms with E-state index in [-0.39, 0.29) is 23.9 Å². The first-order chi connectivity index (χ1) is 15.3. The molecule has 2 aromatic heterocycles. The van der Waals surface area contributed by atoms with Gasteiger partial charge in [-0.25, -0.2) is 9.97 Å². The predicted molar refractivity (Wildman–Crippen MR) is 108 cm³/mol. The summed E-state index contributed by atoms with van der Waals surface area (Å²) in [7, 11) is 0. The molecule has 1 amide bonds. The number of alkyl halides is 3. The summed E-state index contributed by atoms with van der Waals surface area (Å²) in [5.74, 6) is 0.317. The van der Waals surface area contributed by atoms with Gasteiger partial charge >= 0.3 is 6.18 Å². The number of hydrogen-bond acceptors (Lipinski definition) is 6. The largest absolute Gasteiger partial charge is 0.419 e. The lowest BCUT2D eigenvalue weighted by Gasteiger charge is -2.34. The van der Waals surface area contributed by atoms with E-state index < -0.39 is 11.7 Å². The minimum atomic E-state index is -4.48. The van der Waals surface area contributed by atoms with Crippen LogP contribution in [0.1, 0.15) is 34.3 Å². The highest BCUT2D eigenvalue weighted by atomic mass is 19.4. The number of anilines is 1. The van der Waals surface area contributed by atoms with Crippen molar-refractivity contribution in [3.63, 3.8) is 0 Å². The lowest BCUT2D eigenvalue weighted by Crippen LogP contribution is -2.48. The highest BCUT2D eigenvalue weighted by Crippen LogP contribution is 2.40. The van der Waals surface area contributed by atoms with Crippen LogP contribution in [-0.2, 0) is 6.18 Å². The highest BCUT2D eigenvalue weighted by Gasteiger charge is 2.47. The monoisotopic (exact) mass is 443 g/mol. The molecule has 2 bridgehead atoms. The Morgan fingerprint density at radius 3 is 2.50 bits per heavy atom. The third-order valence-electron chi connectivity index (χ3n) is 6.05. The summed E-state index contributed by atoms with van der Waals surface area (Å²) in [5, 5.41) is 11.5. The highest BCUT2D eigenvalue weighted by molar-refractivity contribution is 5.98. The summed E-state index contributed by atoms with van der Waals surface area (Å²) in [4.78, 5) is 24.4. The number of rotatable bonds is 4. The van der Waals surface area contributed by atoms with Crippen molar-refractivity contribution >= 4 is 11.9 Å². The molecule has 32 heavy (non-hydrogen) atoms. The molecule has 3 atom stereocenters. The van der Waals surface area contributed by atoms with Gasteiger partial charge < -0.3 is 10.2 Å². The molecule has 5 rings (SSSR count). The van der Waals surface area contributed by atoms with Gasteiger partial charge in [0.2, 0.25) is 5.95 Å². The molecule has 1 saturated carbocycles. The maximum atomic E-state index is 13.5. The molecule has 3 unspecified atom stereocenters. The van der Waals surface area contributed by atoms with Gasteiger partial charge in [0.15, 0.2) is 0 Å². The molecule has 3 heterocycles. The number of fused-ring (bicyclic) bond motifs is 2. The van der Waals surface area contributed by atoms with Gasteiger partial charge in [-0.1, -0.05) is 6.07 Å². The molecule has 1 N–H and O–H groups in total. The number of hydrogen-bond donors (Lipinski definition) is 1. The number of carbonyl (C=O) groups is 1. The Bertz CT molecular complexity index is 1130. The topological polar surface area (TPSA) is 88.8 Å². The molecule has 1 saturated heterocycles. The van der Waals surface area contributed by atoms with Crippen LogP contribution in [0, 0.1) is 12.8 Å². The zero-order valence-electron chi connectivity index (χ0n) is 17.1. The van der Waals surface area contributed by atoms with Crippen LogP contribution in [0.4, 0.5) is 19.1 Å². The number of aryl methyl sites for hydroxylation is 1. The van der Waals surface area contributed by atoms with Crippen LogP contribution in [0.3, 0.4) is 0 Å². The summed E-state index contributed by atoms with van der Waals surface area (Å²) < 4.78 is 38.3. The number of carbonyl (C=O) groups excluding carboxylic acids is 1. The van der Waals surface area contributed by atoms with Gasteiger partial charge in [-0.3, -0.25) is 4.79 Å². The first-order valence-corrected chi connectivity index (χ1v) is 10.2. The van der Waals surface area contributed by atoms with Gasteiger partial charge in [-0.15, -0.1) is 0 Å². The van der Waals surface area contributed by atoms with Gasteiger partial charge in [-0.05, 0) is 43.4 Å². The molecule has 0 spiro atoms. The van der Waals surface area contributed by atoms with Crippen molar-refractivity contribution in [2.24, 2.45) is 5.92 Å². The third-order valence-corrected chi connectivity index (χ3v) is 6.05. The number of aromatic nitrogens is 5. The van der Waals surface area contributed by atoms with Crippen molar-refractivity contribution in [3.8, 4) is 5.69 Å². The Balaban J connectivity index is 1.36. The maximum absolute atomic E-state index is 13.5. The van der Waals surface area contributed by atoms with E-state index in [2.05, 4.69) is 25.5 Å². The second kappa shape index (κ2) is 7.57. The van der Waals surface area contributed by atoms with E-state index in [1.165, 1.54) is 4.80 Å². The summed E-state index contributed by atoms with van der Waals surface area (Å²) in [6, 6.07) is 5.29. The normalized spacial score (nSPS) is 22.4. The number of halogens is 3. The number of nitrogens with one attached hydrogen (secondary N) is 1. The summed E-state index contributed by atoms with van der Waals surface area (Å²) >= 11 is 0. The molecule has 1 aromatic carbocycles. The number of amides is 1. The Kier molecular flexibility index (Phi) is 4.83. The Morgan fingerprint density at radius 1 is 1.12 bits per heavy atom. The van der Waals surface area contributed by atoms with Gasteiger partial charge in [0.1, 0.15) is 0 Å². The van der Waals surface area contributed by atoms with Crippen molar-refractivity contribution in [3.05, 3.63) is 59.7 Å². The standard InChI is InChI=1S/C21H20F3N7O/c1-12-2-3-15(17(6-12)31-27-4-5-28-31)19(32)30-11-13-7-16(18(30)8-13)29-20-25-9-14(10-26-20)21(22,23)24/h2-6,9-10,13,16,18H,7-8,11H2,1H3,(H,25,26,29). The number of likely N-dealkylation sites (tertiary alicyclic amines) is 1. The number of nitrogens with zero attached hydrogens (tertiary/aromatic N) is 6. The lowest BCUT2D eigenvalue weighted by molar-refractivity contribution is -0.138. The van der Waals surface area contributed by atoms with Crippen LogP contribution in [-0.4, -0.2) is 54.4 Å². The molecule has 0 radical (unpaired) electrons. The molecule has 2 fully saturated rings. The summed E-state index contributed by atoms with van der Waals surface area (Å²) in [6.07, 6.45) is 1.79. The molecule has 1 aliphatic heterocycles. The van der Waals surface area contributed by atoms with E-state index in [4.69, 9.17) is 0 Å².